The Labute approximate surface area is 61.5 Å². The summed E-state index contributed by atoms with van der Waals surface area (Å²) in [5.41, 5.74) is -0.0141. The molecule has 0 amide bonds. The van der Waals surface area contributed by atoms with Crippen LogP contribution >= 0.6 is 11.9 Å². The maximum Gasteiger partial charge on any atom is 0.0869 e. The van der Waals surface area contributed by atoms with E-state index in [4.69, 9.17) is 16.2 Å². The van der Waals surface area contributed by atoms with Gasteiger partial charge in [0.2, 0.25) is 0 Å². The molecular formula is C7H13ClO. The maximum absolute atomic E-state index is 5.32. The summed E-state index contributed by atoms with van der Waals surface area (Å²) >= 11 is 5.32. The molecule has 0 atom stereocenters. The van der Waals surface area contributed by atoms with Crippen molar-refractivity contribution in [2.45, 2.75) is 44.6 Å². The monoisotopic (exact) mass is 148 g/mol. The maximum atomic E-state index is 5.32. The first-order chi connectivity index (χ1) is 4.27. The van der Waals surface area contributed by atoms with Crippen LogP contribution in [-0.2, 0) is 4.29 Å². The minimum Gasteiger partial charge on any atom is -0.273 e. The molecule has 0 aromatic heterocycles. The van der Waals surface area contributed by atoms with Crippen molar-refractivity contribution in [3.8, 4) is 0 Å². The molecule has 0 aromatic rings. The van der Waals surface area contributed by atoms with Crippen LogP contribution < -0.4 is 0 Å². The number of halogens is 1. The first-order valence-electron chi connectivity index (χ1n) is 3.57. The van der Waals surface area contributed by atoms with E-state index >= 15 is 0 Å². The summed E-state index contributed by atoms with van der Waals surface area (Å²) in [5, 5.41) is 0. The summed E-state index contributed by atoms with van der Waals surface area (Å²) in [5.74, 6) is 0. The Bertz CT molecular complexity index is 86.9. The van der Waals surface area contributed by atoms with Crippen molar-refractivity contribution in [2.24, 2.45) is 0 Å². The molecule has 0 aromatic carbocycles. The van der Waals surface area contributed by atoms with Gasteiger partial charge < -0.3 is 0 Å². The van der Waals surface area contributed by atoms with Crippen molar-refractivity contribution in [1.29, 1.82) is 0 Å². The normalized spacial score (nSPS) is 26.0. The SMILES string of the molecule is CC1(OCl)CCCCC1. The van der Waals surface area contributed by atoms with Gasteiger partial charge in [0.05, 0.1) is 17.5 Å². The summed E-state index contributed by atoms with van der Waals surface area (Å²) in [6, 6.07) is 0. The van der Waals surface area contributed by atoms with Gasteiger partial charge in [0.15, 0.2) is 0 Å². The molecule has 1 saturated carbocycles. The Hall–Kier alpha value is 0.250. The molecule has 0 spiro atoms. The van der Waals surface area contributed by atoms with Crippen LogP contribution in [0.1, 0.15) is 39.0 Å². The van der Waals surface area contributed by atoms with Gasteiger partial charge in [-0.2, -0.15) is 0 Å². The third kappa shape index (κ3) is 1.84. The molecule has 1 aliphatic rings. The fourth-order valence-electron chi connectivity index (χ4n) is 1.38. The van der Waals surface area contributed by atoms with E-state index < -0.39 is 0 Å². The van der Waals surface area contributed by atoms with Gasteiger partial charge in [-0.3, -0.25) is 4.29 Å². The van der Waals surface area contributed by atoms with E-state index in [-0.39, 0.29) is 5.60 Å². The highest BCUT2D eigenvalue weighted by atomic mass is 35.5. The van der Waals surface area contributed by atoms with Gasteiger partial charge in [-0.15, -0.1) is 0 Å². The van der Waals surface area contributed by atoms with Gasteiger partial charge in [0.25, 0.3) is 0 Å². The van der Waals surface area contributed by atoms with Crippen LogP contribution in [0.4, 0.5) is 0 Å². The highest BCUT2D eigenvalue weighted by molar-refractivity contribution is 6.07. The fraction of sp³-hybridized carbons (Fsp3) is 1.00. The molecule has 1 nitrogen and oxygen atoms in total. The molecule has 1 fully saturated rings. The van der Waals surface area contributed by atoms with E-state index in [1.807, 2.05) is 0 Å². The van der Waals surface area contributed by atoms with Crippen LogP contribution in [0.15, 0.2) is 0 Å². The number of hydrogen-bond donors (Lipinski definition) is 0. The third-order valence-corrected chi connectivity index (χ3v) is 2.47. The Morgan fingerprint density at radius 2 is 1.78 bits per heavy atom. The Balaban J connectivity index is 2.37. The average molecular weight is 149 g/mol. The lowest BCUT2D eigenvalue weighted by molar-refractivity contribution is 0.0596. The molecule has 0 unspecified atom stereocenters. The summed E-state index contributed by atoms with van der Waals surface area (Å²) in [6.07, 6.45) is 6.12. The largest absolute Gasteiger partial charge is 0.273 e. The minimum absolute atomic E-state index is 0.0141. The lowest BCUT2D eigenvalue weighted by Gasteiger charge is -2.29. The molecule has 0 bridgehead atoms. The summed E-state index contributed by atoms with van der Waals surface area (Å²) in [7, 11) is 0. The molecular weight excluding hydrogens is 136 g/mol. The van der Waals surface area contributed by atoms with Crippen LogP contribution in [0.25, 0.3) is 0 Å². The van der Waals surface area contributed by atoms with Gasteiger partial charge in [-0.25, -0.2) is 0 Å². The molecule has 1 aliphatic carbocycles. The van der Waals surface area contributed by atoms with E-state index in [9.17, 15) is 0 Å². The summed E-state index contributed by atoms with van der Waals surface area (Å²) in [6.45, 7) is 2.08. The molecule has 0 heterocycles. The predicted octanol–water partition coefficient (Wildman–Crippen LogP) is 2.88. The third-order valence-electron chi connectivity index (χ3n) is 2.10. The van der Waals surface area contributed by atoms with Crippen LogP contribution in [-0.4, -0.2) is 5.60 Å². The van der Waals surface area contributed by atoms with Gasteiger partial charge in [-0.05, 0) is 19.8 Å². The number of rotatable bonds is 1. The van der Waals surface area contributed by atoms with E-state index in [1.54, 1.807) is 0 Å². The zero-order chi connectivity index (χ0) is 6.74. The molecule has 0 aliphatic heterocycles. The van der Waals surface area contributed by atoms with Crippen molar-refractivity contribution in [2.75, 3.05) is 0 Å². The second-order valence-corrected chi connectivity index (χ2v) is 3.24. The lowest BCUT2D eigenvalue weighted by Crippen LogP contribution is -2.27. The highest BCUT2D eigenvalue weighted by Gasteiger charge is 2.26. The van der Waals surface area contributed by atoms with Crippen molar-refractivity contribution in [3.05, 3.63) is 0 Å². The van der Waals surface area contributed by atoms with Crippen LogP contribution in [0.5, 0.6) is 0 Å². The van der Waals surface area contributed by atoms with Crippen LogP contribution in [0, 0.1) is 0 Å². The zero-order valence-corrected chi connectivity index (χ0v) is 6.58. The van der Waals surface area contributed by atoms with Crippen molar-refractivity contribution < 1.29 is 4.29 Å². The van der Waals surface area contributed by atoms with Gasteiger partial charge in [0.1, 0.15) is 0 Å². The molecule has 0 radical (unpaired) electrons. The molecule has 9 heavy (non-hydrogen) atoms. The van der Waals surface area contributed by atoms with Gasteiger partial charge in [-0.1, -0.05) is 19.3 Å². The first-order valence-corrected chi connectivity index (χ1v) is 3.87. The molecule has 1 rings (SSSR count). The fourth-order valence-corrected chi connectivity index (χ4v) is 1.53. The van der Waals surface area contributed by atoms with Crippen molar-refractivity contribution in [1.82, 2.24) is 0 Å². The molecule has 0 N–H and O–H groups in total. The molecule has 54 valence electrons. The standard InChI is InChI=1S/C7H13ClO/c1-7(9-8)5-3-2-4-6-7/h2-6H2,1H3. The Kier molecular flexibility index (Phi) is 2.36. The summed E-state index contributed by atoms with van der Waals surface area (Å²) < 4.78 is 4.85. The second kappa shape index (κ2) is 2.89. The minimum atomic E-state index is -0.0141. The van der Waals surface area contributed by atoms with Gasteiger partial charge >= 0.3 is 0 Å². The van der Waals surface area contributed by atoms with Crippen molar-refractivity contribution in [3.63, 3.8) is 0 Å². The Morgan fingerprint density at radius 3 is 2.11 bits per heavy atom. The lowest BCUT2D eigenvalue weighted by atomic mass is 9.87. The van der Waals surface area contributed by atoms with E-state index in [0.717, 1.165) is 12.8 Å². The van der Waals surface area contributed by atoms with Crippen LogP contribution in [0.3, 0.4) is 0 Å². The predicted molar refractivity (Wildman–Crippen MR) is 38.4 cm³/mol. The zero-order valence-electron chi connectivity index (χ0n) is 5.82. The van der Waals surface area contributed by atoms with Crippen LogP contribution in [0.2, 0.25) is 0 Å². The molecule has 2 heteroatoms. The topological polar surface area (TPSA) is 9.23 Å². The summed E-state index contributed by atoms with van der Waals surface area (Å²) in [4.78, 5) is 0. The molecule has 0 saturated heterocycles. The smallest absolute Gasteiger partial charge is 0.0869 e. The first kappa shape index (κ1) is 7.36. The quantitative estimate of drug-likeness (QED) is 0.556. The second-order valence-electron chi connectivity index (χ2n) is 3.09. The highest BCUT2D eigenvalue weighted by Crippen LogP contribution is 2.31. The van der Waals surface area contributed by atoms with E-state index in [0.29, 0.717) is 0 Å². The van der Waals surface area contributed by atoms with E-state index in [1.165, 1.54) is 19.3 Å². The number of hydrogen-bond acceptors (Lipinski definition) is 1. The van der Waals surface area contributed by atoms with Crippen molar-refractivity contribution >= 4 is 11.9 Å². The van der Waals surface area contributed by atoms with Gasteiger partial charge in [0, 0.05) is 0 Å². The average Bonchev–Trinajstić information content (AvgIpc) is 1.90. The van der Waals surface area contributed by atoms with E-state index in [2.05, 4.69) is 6.92 Å². The Morgan fingerprint density at radius 1 is 1.22 bits per heavy atom.